The summed E-state index contributed by atoms with van der Waals surface area (Å²) in [4.78, 5) is 26.2. The first kappa shape index (κ1) is 52.2. The minimum absolute atomic E-state index is 0.0386. The van der Waals surface area contributed by atoms with Crippen molar-refractivity contribution in [2.75, 3.05) is 26.3 Å². The van der Waals surface area contributed by atoms with Gasteiger partial charge in [0.2, 0.25) is 10.0 Å². The summed E-state index contributed by atoms with van der Waals surface area (Å²) in [6.07, 6.45) is -0.328. The summed E-state index contributed by atoms with van der Waals surface area (Å²) >= 11 is 3.62. The fraction of sp³-hybridized carbons (Fsp3) is 0.259. The minimum atomic E-state index is -4.15. The van der Waals surface area contributed by atoms with E-state index >= 15 is 0 Å². The van der Waals surface area contributed by atoms with Crippen LogP contribution >= 0.6 is 15.9 Å². The third-order valence-electron chi connectivity index (χ3n) is 13.7. The summed E-state index contributed by atoms with van der Waals surface area (Å²) in [5, 5.41) is 13.4. The number of esters is 1. The molecule has 8 rings (SSSR count). The van der Waals surface area contributed by atoms with Gasteiger partial charge >= 0.3 is 5.97 Å². The molecule has 1 fully saturated rings. The van der Waals surface area contributed by atoms with Crippen molar-refractivity contribution in [2.45, 2.75) is 73.8 Å². The van der Waals surface area contributed by atoms with Crippen LogP contribution in [0, 0.1) is 10.1 Å². The fourth-order valence-electron chi connectivity index (χ4n) is 10.4. The Morgan fingerprint density at radius 2 is 1.18 bits per heavy atom. The lowest BCUT2D eigenvalue weighted by atomic mass is 9.74. The molecule has 1 saturated heterocycles. The van der Waals surface area contributed by atoms with E-state index in [1.54, 1.807) is 0 Å². The van der Waals surface area contributed by atoms with Crippen LogP contribution in [0.15, 0.2) is 210 Å². The number of hydrogen-bond acceptors (Lipinski definition) is 9. The van der Waals surface area contributed by atoms with Crippen LogP contribution in [-0.4, -0.2) is 77.0 Å². The zero-order valence-electron chi connectivity index (χ0n) is 40.8. The molecular formula is C58H60BrN3O8SSi. The number of hydrogen-bond donors (Lipinski definition) is 1. The number of nitrogens with one attached hydrogen (secondary N) is 1. The topological polar surface area (TPSA) is 137 Å². The van der Waals surface area contributed by atoms with E-state index < -0.39 is 47.0 Å². The second kappa shape index (κ2) is 22.8. The maximum absolute atomic E-state index is 14.1. The summed E-state index contributed by atoms with van der Waals surface area (Å²) in [7, 11) is -7.13. The zero-order valence-corrected chi connectivity index (χ0v) is 44.2. The van der Waals surface area contributed by atoms with Gasteiger partial charge in [-0.15, -0.1) is 0 Å². The van der Waals surface area contributed by atoms with Crippen molar-refractivity contribution in [1.29, 1.82) is 0 Å². The highest BCUT2D eigenvalue weighted by molar-refractivity contribution is 9.10. The second-order valence-electron chi connectivity index (χ2n) is 19.1. The van der Waals surface area contributed by atoms with Gasteiger partial charge in [0.05, 0.1) is 16.4 Å². The lowest BCUT2D eigenvalue weighted by Gasteiger charge is -2.57. The van der Waals surface area contributed by atoms with Gasteiger partial charge in [-0.3, -0.25) is 19.8 Å². The van der Waals surface area contributed by atoms with Gasteiger partial charge in [0.25, 0.3) is 14.0 Å². The Bertz CT molecular complexity index is 2850. The molecule has 0 unspecified atom stereocenters. The normalized spacial score (nSPS) is 16.9. The molecule has 7 aromatic rings. The molecule has 0 aliphatic carbocycles. The number of nitro benzene ring substituents is 1. The number of rotatable bonds is 21. The summed E-state index contributed by atoms with van der Waals surface area (Å²) in [6, 6.07) is 63.2. The van der Waals surface area contributed by atoms with Gasteiger partial charge in [-0.25, -0.2) is 13.1 Å². The Hall–Kier alpha value is -6.10. The molecule has 1 aliphatic rings. The summed E-state index contributed by atoms with van der Waals surface area (Å²) < 4.78 is 53.0. The molecule has 1 heterocycles. The first-order valence-corrected chi connectivity index (χ1v) is 28.3. The number of likely N-dealkylation sites (tertiary alicyclic amines) is 1. The number of halogens is 1. The third-order valence-corrected chi connectivity index (χ3v) is 20.7. The second-order valence-corrected chi connectivity index (χ2v) is 26.1. The molecule has 0 bridgehead atoms. The van der Waals surface area contributed by atoms with Gasteiger partial charge in [0.15, 0.2) is 0 Å². The summed E-state index contributed by atoms with van der Waals surface area (Å²) in [6.45, 7) is 8.70. The van der Waals surface area contributed by atoms with E-state index in [-0.39, 0.29) is 53.9 Å². The Kier molecular flexibility index (Phi) is 16.5. The van der Waals surface area contributed by atoms with E-state index in [0.717, 1.165) is 37.1 Å². The minimum Gasteiger partial charge on any atom is -0.461 e. The molecule has 7 aromatic carbocycles. The van der Waals surface area contributed by atoms with Crippen molar-refractivity contribution in [2.24, 2.45) is 0 Å². The van der Waals surface area contributed by atoms with Crippen molar-refractivity contribution in [3.8, 4) is 0 Å². The Balaban J connectivity index is 1.19. The van der Waals surface area contributed by atoms with Crippen LogP contribution in [0.5, 0.6) is 0 Å². The first-order chi connectivity index (χ1) is 34.6. The Morgan fingerprint density at radius 3 is 1.62 bits per heavy atom. The maximum Gasteiger partial charge on any atom is 0.302 e. The van der Waals surface area contributed by atoms with E-state index in [1.165, 1.54) is 31.2 Å². The van der Waals surface area contributed by atoms with Crippen LogP contribution in [0.4, 0.5) is 5.69 Å². The highest BCUT2D eigenvalue weighted by Gasteiger charge is 2.53. The van der Waals surface area contributed by atoms with Crippen molar-refractivity contribution in [1.82, 2.24) is 9.62 Å². The third kappa shape index (κ3) is 11.3. The number of sulfonamides is 1. The molecule has 0 saturated carbocycles. The molecule has 0 radical (unpaired) electrons. The van der Waals surface area contributed by atoms with Crippen molar-refractivity contribution >= 4 is 56.3 Å². The lowest BCUT2D eigenvalue weighted by Crippen LogP contribution is -2.69. The standard InChI is InChI=1S/C58H60BrN3O8SSi/c1-43(63)70-50(38-39-69-72(57(2,3)4,52-26-16-8-17-27-52)53-28-18-9-19-29-53)41-61-54(40-60-71(66,67)51-36-34-49(35-37-51)62(64)65)56(44-30-32-48(59)33-31-44)55(61)42-68-58(45-20-10-5-11-21-45,46-22-12-6-13-23-46)47-24-14-7-15-25-47/h5-37,50,54-56,60H,38-42H2,1-4H3/t50-,54-,55+,56+/m0/s1. The van der Waals surface area contributed by atoms with Crippen molar-refractivity contribution < 1.29 is 32.0 Å². The van der Waals surface area contributed by atoms with Crippen LogP contribution < -0.4 is 15.1 Å². The van der Waals surface area contributed by atoms with Crippen LogP contribution in [0.25, 0.3) is 0 Å². The maximum atomic E-state index is 14.1. The molecule has 72 heavy (non-hydrogen) atoms. The van der Waals surface area contributed by atoms with Crippen LogP contribution in [0.1, 0.15) is 62.3 Å². The van der Waals surface area contributed by atoms with Crippen molar-refractivity contribution in [3.63, 3.8) is 0 Å². The summed E-state index contributed by atoms with van der Waals surface area (Å²) in [5.74, 6) is -0.737. The highest BCUT2D eigenvalue weighted by atomic mass is 79.9. The predicted molar refractivity (Wildman–Crippen MR) is 288 cm³/mol. The van der Waals surface area contributed by atoms with E-state index in [0.29, 0.717) is 6.42 Å². The monoisotopic (exact) mass is 1070 g/mol. The average molecular weight is 1070 g/mol. The van der Waals surface area contributed by atoms with Crippen LogP contribution in [0.2, 0.25) is 5.04 Å². The largest absolute Gasteiger partial charge is 0.461 e. The molecule has 11 nitrogen and oxygen atoms in total. The quantitative estimate of drug-likeness (QED) is 0.0245. The molecule has 1 aliphatic heterocycles. The van der Waals surface area contributed by atoms with E-state index in [2.05, 4.69) is 107 Å². The number of non-ortho nitro benzene ring substituents is 1. The van der Waals surface area contributed by atoms with Gasteiger partial charge < -0.3 is 13.9 Å². The number of ether oxygens (including phenoxy) is 2. The van der Waals surface area contributed by atoms with Gasteiger partial charge in [-0.05, 0) is 61.9 Å². The number of nitro groups is 1. The number of nitrogens with zero attached hydrogens (tertiary/aromatic N) is 2. The lowest BCUT2D eigenvalue weighted by molar-refractivity contribution is -0.384. The number of carbonyl (C=O) groups excluding carboxylic acids is 1. The molecule has 14 heteroatoms. The molecule has 1 N–H and O–H groups in total. The molecule has 372 valence electrons. The van der Waals surface area contributed by atoms with Gasteiger partial charge in [-0.1, -0.05) is 200 Å². The first-order valence-electron chi connectivity index (χ1n) is 24.1. The van der Waals surface area contributed by atoms with Crippen LogP contribution in [0.3, 0.4) is 0 Å². The average Bonchev–Trinajstić information content (AvgIpc) is 3.38. The molecule has 0 spiro atoms. The summed E-state index contributed by atoms with van der Waals surface area (Å²) in [5.41, 5.74) is 2.47. The molecule has 0 aromatic heterocycles. The molecule has 4 atom stereocenters. The van der Waals surface area contributed by atoms with Gasteiger partial charge in [0, 0.05) is 67.6 Å². The van der Waals surface area contributed by atoms with E-state index in [9.17, 15) is 23.3 Å². The zero-order chi connectivity index (χ0) is 50.9. The number of carbonyl (C=O) groups is 1. The SMILES string of the molecule is CC(=O)O[C@@H](CCO[Si](c1ccccc1)(c1ccccc1)C(C)(C)C)CN1[C@H](COC(c2ccccc2)(c2ccccc2)c2ccccc2)[C@H](c2ccc(Br)cc2)[C@@H]1CNS(=O)(=O)c1ccc([N+](=O)[O-])cc1. The van der Waals surface area contributed by atoms with E-state index in [1.807, 2.05) is 115 Å². The predicted octanol–water partition coefficient (Wildman–Crippen LogP) is 10.4. The fourth-order valence-corrected chi connectivity index (χ4v) is 16.3. The van der Waals surface area contributed by atoms with Crippen molar-refractivity contribution in [3.05, 3.63) is 237 Å². The number of benzene rings is 7. The van der Waals surface area contributed by atoms with E-state index in [4.69, 9.17) is 13.9 Å². The Labute approximate surface area is 432 Å². The molecular weight excluding hydrogens is 1010 g/mol. The smallest absolute Gasteiger partial charge is 0.302 e. The molecule has 0 amide bonds. The van der Waals surface area contributed by atoms with Crippen LogP contribution in [-0.2, 0) is 34.3 Å². The van der Waals surface area contributed by atoms with Gasteiger partial charge in [-0.2, -0.15) is 0 Å². The highest BCUT2D eigenvalue weighted by Crippen LogP contribution is 2.46. The van der Waals surface area contributed by atoms with Gasteiger partial charge in [0.1, 0.15) is 11.7 Å². The Morgan fingerprint density at radius 1 is 0.708 bits per heavy atom.